The highest BCUT2D eigenvalue weighted by molar-refractivity contribution is 6.06. The standard InChI is InChI=1S/C26H30O5.C14H14O4/c1-22(2)17(27)7-9-23(3)16-6-10-24(4)15(14-8-11-30-13-14)12-18-26(24,31-18)25(16,5)21(29)19(28)20(22)23;1-9(2)5-6-17-13-8-12-10(7-11(13)15)3-4-14(16)18-12/h7-9,11,13,15-16,18,28H,6,10,12H2,1-5H3;3-5,7-8,15H,6H2,1-2H3. The van der Waals surface area contributed by atoms with E-state index in [1.54, 1.807) is 18.4 Å². The van der Waals surface area contributed by atoms with Gasteiger partial charge in [0.2, 0.25) is 5.78 Å². The highest BCUT2D eigenvalue weighted by atomic mass is 16.6. The molecule has 7 unspecified atom stereocenters. The Hall–Kier alpha value is -4.37. The van der Waals surface area contributed by atoms with Gasteiger partial charge >= 0.3 is 5.63 Å². The molecule has 2 saturated carbocycles. The number of benzene rings is 1. The molecule has 9 nitrogen and oxygen atoms in total. The number of ether oxygens (including phenoxy) is 2. The number of hydrogen-bond donors (Lipinski definition) is 2. The van der Waals surface area contributed by atoms with Gasteiger partial charge in [-0.25, -0.2) is 4.79 Å². The van der Waals surface area contributed by atoms with Gasteiger partial charge in [0.15, 0.2) is 23.0 Å². The van der Waals surface area contributed by atoms with E-state index < -0.39 is 27.5 Å². The quantitative estimate of drug-likeness (QED) is 0.162. The molecule has 49 heavy (non-hydrogen) atoms. The molecule has 3 heterocycles. The number of aromatic hydroxyl groups is 1. The van der Waals surface area contributed by atoms with E-state index in [1.165, 1.54) is 23.8 Å². The zero-order chi connectivity index (χ0) is 35.3. The maximum absolute atomic E-state index is 14.0. The molecule has 9 heteroatoms. The van der Waals surface area contributed by atoms with Crippen molar-refractivity contribution in [3.63, 3.8) is 0 Å². The van der Waals surface area contributed by atoms with Crippen molar-refractivity contribution in [1.82, 2.24) is 0 Å². The fourth-order valence-corrected chi connectivity index (χ4v) is 10.3. The number of ketones is 2. The smallest absolute Gasteiger partial charge is 0.336 e. The van der Waals surface area contributed by atoms with E-state index in [0.717, 1.165) is 24.8 Å². The first-order chi connectivity index (χ1) is 23.0. The molecule has 7 atom stereocenters. The van der Waals surface area contributed by atoms with E-state index in [4.69, 9.17) is 18.3 Å². The lowest BCUT2D eigenvalue weighted by Gasteiger charge is -2.62. The van der Waals surface area contributed by atoms with Crippen molar-refractivity contribution in [3.05, 3.63) is 94.0 Å². The maximum Gasteiger partial charge on any atom is 0.336 e. The molecule has 8 rings (SSSR count). The lowest BCUT2D eigenvalue weighted by molar-refractivity contribution is -0.162. The summed E-state index contributed by atoms with van der Waals surface area (Å²) in [5, 5.41) is 21.8. The molecular formula is C40H44O9. The van der Waals surface area contributed by atoms with Crippen LogP contribution in [0.2, 0.25) is 0 Å². The second-order valence-corrected chi connectivity index (χ2v) is 15.8. The number of phenols is 1. The summed E-state index contributed by atoms with van der Waals surface area (Å²) in [6.07, 6.45) is 11.7. The number of aliphatic hydroxyl groups excluding tert-OH is 1. The molecule has 4 aliphatic carbocycles. The zero-order valence-electron chi connectivity index (χ0n) is 29.1. The molecule has 0 bridgehead atoms. The summed E-state index contributed by atoms with van der Waals surface area (Å²) in [7, 11) is 0. The first kappa shape index (κ1) is 33.1. The van der Waals surface area contributed by atoms with E-state index in [9.17, 15) is 24.6 Å². The van der Waals surface area contributed by atoms with Crippen LogP contribution in [0.4, 0.5) is 0 Å². The van der Waals surface area contributed by atoms with E-state index in [-0.39, 0.29) is 46.4 Å². The van der Waals surface area contributed by atoms with Gasteiger partial charge in [-0.15, -0.1) is 0 Å². The van der Waals surface area contributed by atoms with E-state index in [2.05, 4.69) is 13.8 Å². The van der Waals surface area contributed by atoms with Gasteiger partial charge in [0.25, 0.3) is 0 Å². The Morgan fingerprint density at radius 1 is 1.04 bits per heavy atom. The van der Waals surface area contributed by atoms with E-state index in [1.807, 2.05) is 59.1 Å². The molecule has 1 saturated heterocycles. The van der Waals surface area contributed by atoms with Gasteiger partial charge in [-0.05, 0) is 107 Å². The lowest BCUT2D eigenvalue weighted by atomic mass is 9.39. The van der Waals surface area contributed by atoms with E-state index in [0.29, 0.717) is 28.9 Å². The van der Waals surface area contributed by atoms with Gasteiger partial charge in [0.05, 0.1) is 29.5 Å². The lowest BCUT2D eigenvalue weighted by Crippen LogP contribution is -2.66. The molecule has 1 aliphatic heterocycles. The summed E-state index contributed by atoms with van der Waals surface area (Å²) in [5.41, 5.74) is -0.304. The van der Waals surface area contributed by atoms with Crippen LogP contribution in [-0.2, 0) is 14.3 Å². The van der Waals surface area contributed by atoms with Crippen LogP contribution in [0, 0.1) is 27.6 Å². The molecule has 2 aromatic heterocycles. The van der Waals surface area contributed by atoms with Crippen molar-refractivity contribution < 1.29 is 38.1 Å². The maximum atomic E-state index is 14.0. The molecule has 1 spiro atoms. The SMILES string of the molecule is CC(C)=CCOc1cc2oc(=O)ccc2cc1O.CC1(C)C(=O)C=CC2(C)C1=C(O)C(=O)C1(C)C2CCC2(C)C(c3ccoc3)CC3OC321. The second kappa shape index (κ2) is 10.8. The minimum Gasteiger partial charge on any atom is -0.504 e. The van der Waals surface area contributed by atoms with Crippen molar-refractivity contribution in [2.24, 2.45) is 27.6 Å². The van der Waals surface area contributed by atoms with Crippen LogP contribution in [0.5, 0.6) is 11.5 Å². The van der Waals surface area contributed by atoms with Crippen LogP contribution in [-0.4, -0.2) is 40.1 Å². The number of fused-ring (bicyclic) bond motifs is 4. The number of furan rings is 1. The number of phenolic OH excluding ortho intramolecular Hbond substituents is 1. The van der Waals surface area contributed by atoms with Crippen molar-refractivity contribution in [2.45, 2.75) is 85.4 Å². The average Bonchev–Trinajstić information content (AvgIpc) is 3.39. The molecule has 0 amide bonds. The molecule has 1 aromatic carbocycles. The summed E-state index contributed by atoms with van der Waals surface area (Å²) in [4.78, 5) is 37.9. The van der Waals surface area contributed by atoms with Gasteiger partial charge in [-0.2, -0.15) is 0 Å². The van der Waals surface area contributed by atoms with Gasteiger partial charge < -0.3 is 28.5 Å². The highest BCUT2D eigenvalue weighted by Gasteiger charge is 2.87. The van der Waals surface area contributed by atoms with Crippen molar-refractivity contribution in [2.75, 3.05) is 6.61 Å². The number of carbonyl (C=O) groups excluding carboxylic acids is 2. The Labute approximate surface area is 285 Å². The third kappa shape index (κ3) is 4.43. The molecular weight excluding hydrogens is 624 g/mol. The fourth-order valence-electron chi connectivity index (χ4n) is 10.3. The summed E-state index contributed by atoms with van der Waals surface area (Å²) in [6, 6.07) is 7.97. The number of Topliss-reactive ketones (excluding diaryl/α,β-unsaturated/α-hetero) is 1. The largest absolute Gasteiger partial charge is 0.504 e. The molecule has 2 N–H and O–H groups in total. The number of epoxide rings is 1. The predicted molar refractivity (Wildman–Crippen MR) is 182 cm³/mol. The summed E-state index contributed by atoms with van der Waals surface area (Å²) in [6.45, 7) is 14.3. The number of hydrogen-bond acceptors (Lipinski definition) is 9. The molecule has 0 radical (unpaired) electrons. The van der Waals surface area contributed by atoms with Gasteiger partial charge in [0, 0.05) is 28.3 Å². The van der Waals surface area contributed by atoms with Crippen LogP contribution in [0.25, 0.3) is 11.0 Å². The van der Waals surface area contributed by atoms with Crippen LogP contribution in [0.15, 0.2) is 91.6 Å². The van der Waals surface area contributed by atoms with Gasteiger partial charge in [0.1, 0.15) is 17.8 Å². The summed E-state index contributed by atoms with van der Waals surface area (Å²) >= 11 is 0. The number of allylic oxidation sites excluding steroid dienone is 5. The van der Waals surface area contributed by atoms with Crippen LogP contribution in [0.1, 0.15) is 79.2 Å². The minimum absolute atomic E-state index is 0.00527. The first-order valence-electron chi connectivity index (χ1n) is 17.0. The molecule has 258 valence electrons. The van der Waals surface area contributed by atoms with E-state index >= 15 is 0 Å². The predicted octanol–water partition coefficient (Wildman–Crippen LogP) is 7.74. The Morgan fingerprint density at radius 2 is 1.80 bits per heavy atom. The first-order valence-corrected chi connectivity index (χ1v) is 17.0. The minimum atomic E-state index is -0.901. The normalized spacial score (nSPS) is 35.0. The van der Waals surface area contributed by atoms with Gasteiger partial charge in [-0.1, -0.05) is 25.5 Å². The third-order valence-electron chi connectivity index (χ3n) is 12.6. The molecule has 3 fully saturated rings. The van der Waals surface area contributed by atoms with Crippen LogP contribution >= 0.6 is 0 Å². The Kier molecular flexibility index (Phi) is 7.31. The van der Waals surface area contributed by atoms with Crippen molar-refractivity contribution >= 4 is 22.5 Å². The Balaban J connectivity index is 0.000000180. The zero-order valence-corrected chi connectivity index (χ0v) is 29.1. The number of carbonyl (C=O) groups is 2. The summed E-state index contributed by atoms with van der Waals surface area (Å²) in [5.74, 6) is 0.0149. The molecule has 3 aromatic rings. The van der Waals surface area contributed by atoms with Gasteiger partial charge in [-0.3, -0.25) is 9.59 Å². The highest BCUT2D eigenvalue weighted by Crippen LogP contribution is 2.81. The number of aliphatic hydroxyl groups is 1. The van der Waals surface area contributed by atoms with Crippen LogP contribution < -0.4 is 10.4 Å². The van der Waals surface area contributed by atoms with Crippen molar-refractivity contribution in [3.8, 4) is 11.5 Å². The average molecular weight is 669 g/mol. The summed E-state index contributed by atoms with van der Waals surface area (Å²) < 4.78 is 22.3. The topological polar surface area (TPSA) is 140 Å². The van der Waals surface area contributed by atoms with Crippen LogP contribution in [0.3, 0.4) is 0 Å². The Morgan fingerprint density at radius 3 is 2.49 bits per heavy atom. The number of rotatable bonds is 4. The molecule has 5 aliphatic rings. The third-order valence-corrected chi connectivity index (χ3v) is 12.6. The Bertz CT molecular complexity index is 2030. The monoisotopic (exact) mass is 668 g/mol. The fraction of sp³-hybridized carbons (Fsp3) is 0.475. The second-order valence-electron chi connectivity index (χ2n) is 15.8. The van der Waals surface area contributed by atoms with Crippen molar-refractivity contribution in [1.29, 1.82) is 0 Å².